The molecule has 1 aromatic carbocycles. The standard InChI is InChI=1S/C21H26F2N4O5/c1-20(2,3)32-19(29)26-9-8-21(30,15(23)10-26)11-27-12-25-17(16(24)18(27)28)31-14-6-4-13(22)5-7-14/h4-7,12,15,30H,8-11,24H2,1-3H3/t15-,21-/m0/s1. The van der Waals surface area contributed by atoms with Gasteiger partial charge >= 0.3 is 6.09 Å². The number of anilines is 1. The quantitative estimate of drug-likeness (QED) is 0.731. The van der Waals surface area contributed by atoms with Crippen LogP contribution in [0.25, 0.3) is 0 Å². The second-order valence-corrected chi connectivity index (χ2v) is 8.70. The van der Waals surface area contributed by atoms with Crippen LogP contribution in [0.1, 0.15) is 27.2 Å². The molecule has 3 rings (SSSR count). The van der Waals surface area contributed by atoms with Crippen LogP contribution in [0.5, 0.6) is 11.6 Å². The SMILES string of the molecule is CC(C)(C)OC(=O)N1CC[C@](O)(Cn2cnc(Oc3ccc(F)cc3)c(N)c2=O)[C@@H](F)C1. The molecule has 11 heteroatoms. The van der Waals surface area contributed by atoms with E-state index in [2.05, 4.69) is 4.98 Å². The first-order valence-corrected chi connectivity index (χ1v) is 10.0. The smallest absolute Gasteiger partial charge is 0.410 e. The van der Waals surface area contributed by atoms with E-state index in [0.29, 0.717) is 0 Å². The summed E-state index contributed by atoms with van der Waals surface area (Å²) in [6, 6.07) is 5.04. The predicted octanol–water partition coefficient (Wildman–Crippen LogP) is 2.47. The molecule has 1 saturated heterocycles. The second kappa shape index (κ2) is 8.73. The molecule has 1 aromatic heterocycles. The molecular formula is C21H26F2N4O5. The summed E-state index contributed by atoms with van der Waals surface area (Å²) < 4.78 is 39.5. The summed E-state index contributed by atoms with van der Waals surface area (Å²) in [6.07, 6.45) is -1.53. The molecule has 1 aliphatic heterocycles. The molecular weight excluding hydrogens is 426 g/mol. The zero-order chi connectivity index (χ0) is 23.7. The molecule has 1 aliphatic rings. The van der Waals surface area contributed by atoms with Gasteiger partial charge in [-0.1, -0.05) is 0 Å². The summed E-state index contributed by atoms with van der Waals surface area (Å²) in [7, 11) is 0. The Labute approximate surface area is 183 Å². The maximum Gasteiger partial charge on any atom is 0.410 e. The molecule has 9 nitrogen and oxygen atoms in total. The van der Waals surface area contributed by atoms with Crippen molar-refractivity contribution in [3.8, 4) is 11.6 Å². The van der Waals surface area contributed by atoms with E-state index in [1.54, 1.807) is 20.8 Å². The van der Waals surface area contributed by atoms with Gasteiger partial charge in [-0.2, -0.15) is 0 Å². The third kappa shape index (κ3) is 5.34. The molecule has 0 saturated carbocycles. The highest BCUT2D eigenvalue weighted by Gasteiger charge is 2.44. The van der Waals surface area contributed by atoms with Gasteiger partial charge in [0.25, 0.3) is 5.56 Å². The van der Waals surface area contributed by atoms with Crippen LogP contribution in [0.15, 0.2) is 35.4 Å². The number of halogens is 2. The van der Waals surface area contributed by atoms with Crippen LogP contribution in [-0.2, 0) is 11.3 Å². The van der Waals surface area contributed by atoms with Crippen molar-refractivity contribution in [3.05, 3.63) is 46.8 Å². The Morgan fingerprint density at radius 1 is 1.34 bits per heavy atom. The number of hydrogen-bond acceptors (Lipinski definition) is 7. The van der Waals surface area contributed by atoms with Gasteiger partial charge in [0.05, 0.1) is 13.1 Å². The number of aliphatic hydroxyl groups is 1. The van der Waals surface area contributed by atoms with Crippen LogP contribution in [-0.4, -0.2) is 56.1 Å². The number of nitrogen functional groups attached to an aromatic ring is 1. The van der Waals surface area contributed by atoms with Gasteiger partial charge in [-0.05, 0) is 51.5 Å². The first-order chi connectivity index (χ1) is 14.9. The van der Waals surface area contributed by atoms with Gasteiger partial charge in [-0.25, -0.2) is 18.6 Å². The van der Waals surface area contributed by atoms with Gasteiger partial charge in [-0.15, -0.1) is 0 Å². The Morgan fingerprint density at radius 3 is 2.59 bits per heavy atom. The molecule has 3 N–H and O–H groups in total. The van der Waals surface area contributed by atoms with Gasteiger partial charge < -0.3 is 25.2 Å². The van der Waals surface area contributed by atoms with Gasteiger partial charge in [0.15, 0.2) is 5.69 Å². The summed E-state index contributed by atoms with van der Waals surface area (Å²) >= 11 is 0. The third-order valence-corrected chi connectivity index (χ3v) is 4.94. The Bertz CT molecular complexity index is 1040. The number of nitrogens with two attached hydrogens (primary N) is 1. The number of carbonyl (C=O) groups excluding carboxylic acids is 1. The summed E-state index contributed by atoms with van der Waals surface area (Å²) in [5.41, 5.74) is 2.11. The Balaban J connectivity index is 1.71. The summed E-state index contributed by atoms with van der Waals surface area (Å²) in [4.78, 5) is 29.9. The van der Waals surface area contributed by atoms with E-state index in [4.69, 9.17) is 15.2 Å². The number of hydrogen-bond donors (Lipinski definition) is 2. The molecule has 0 radical (unpaired) electrons. The highest BCUT2D eigenvalue weighted by Crippen LogP contribution is 2.29. The molecule has 0 unspecified atom stereocenters. The van der Waals surface area contributed by atoms with Crippen molar-refractivity contribution >= 4 is 11.8 Å². The monoisotopic (exact) mass is 452 g/mol. The van der Waals surface area contributed by atoms with Crippen LogP contribution in [0.3, 0.4) is 0 Å². The molecule has 32 heavy (non-hydrogen) atoms. The zero-order valence-electron chi connectivity index (χ0n) is 18.0. The van der Waals surface area contributed by atoms with Gasteiger partial charge in [0, 0.05) is 6.54 Å². The molecule has 0 aliphatic carbocycles. The lowest BCUT2D eigenvalue weighted by Gasteiger charge is -2.41. The number of ether oxygens (including phenoxy) is 2. The summed E-state index contributed by atoms with van der Waals surface area (Å²) in [6.45, 7) is 4.36. The fourth-order valence-electron chi connectivity index (χ4n) is 3.20. The Hall–Kier alpha value is -3.21. The minimum absolute atomic E-state index is 0.0508. The van der Waals surface area contributed by atoms with Crippen LogP contribution in [0.4, 0.5) is 19.3 Å². The van der Waals surface area contributed by atoms with E-state index in [9.17, 15) is 23.5 Å². The normalized spacial score (nSPS) is 21.3. The predicted molar refractivity (Wildman–Crippen MR) is 112 cm³/mol. The van der Waals surface area contributed by atoms with Crippen LogP contribution >= 0.6 is 0 Å². The number of rotatable bonds is 4. The van der Waals surface area contributed by atoms with E-state index >= 15 is 0 Å². The first kappa shape index (κ1) is 23.5. The van der Waals surface area contributed by atoms with E-state index in [1.807, 2.05) is 0 Å². The average Bonchev–Trinajstić information content (AvgIpc) is 2.70. The summed E-state index contributed by atoms with van der Waals surface area (Å²) in [5, 5.41) is 10.8. The van der Waals surface area contributed by atoms with Crippen molar-refractivity contribution in [1.82, 2.24) is 14.5 Å². The topological polar surface area (TPSA) is 120 Å². The fraction of sp³-hybridized carbons (Fsp3) is 0.476. The Kier molecular flexibility index (Phi) is 6.40. The van der Waals surface area contributed by atoms with Crippen LogP contribution < -0.4 is 16.0 Å². The van der Waals surface area contributed by atoms with Gasteiger partial charge in [-0.3, -0.25) is 9.36 Å². The van der Waals surface area contributed by atoms with Gasteiger partial charge in [0.2, 0.25) is 5.88 Å². The zero-order valence-corrected chi connectivity index (χ0v) is 18.0. The second-order valence-electron chi connectivity index (χ2n) is 8.70. The average molecular weight is 452 g/mol. The molecule has 0 spiro atoms. The molecule has 2 heterocycles. The van der Waals surface area contributed by atoms with Crippen molar-refractivity contribution in [2.24, 2.45) is 0 Å². The summed E-state index contributed by atoms with van der Waals surface area (Å²) in [5.74, 6) is -0.429. The number of alkyl halides is 1. The first-order valence-electron chi connectivity index (χ1n) is 10.0. The Morgan fingerprint density at radius 2 is 2.00 bits per heavy atom. The maximum absolute atomic E-state index is 14.9. The molecule has 1 fully saturated rings. The number of aromatic nitrogens is 2. The lowest BCUT2D eigenvalue weighted by atomic mass is 9.89. The van der Waals surface area contributed by atoms with E-state index < -0.39 is 41.4 Å². The minimum atomic E-state index is -1.91. The molecule has 0 bridgehead atoms. The van der Waals surface area contributed by atoms with Crippen LogP contribution in [0.2, 0.25) is 0 Å². The molecule has 2 atom stereocenters. The van der Waals surface area contributed by atoms with E-state index in [-0.39, 0.29) is 36.8 Å². The highest BCUT2D eigenvalue weighted by molar-refractivity contribution is 5.68. The number of likely N-dealkylation sites (tertiary alicyclic amines) is 1. The molecule has 174 valence electrons. The van der Waals surface area contributed by atoms with Crippen molar-refractivity contribution in [1.29, 1.82) is 0 Å². The lowest BCUT2D eigenvalue weighted by Crippen LogP contribution is -2.58. The largest absolute Gasteiger partial charge is 0.444 e. The number of piperidine rings is 1. The van der Waals surface area contributed by atoms with Crippen molar-refractivity contribution < 1.29 is 28.2 Å². The van der Waals surface area contributed by atoms with Gasteiger partial charge in [0.1, 0.15) is 35.3 Å². The highest BCUT2D eigenvalue weighted by atomic mass is 19.1. The van der Waals surface area contributed by atoms with Crippen LogP contribution in [0, 0.1) is 5.82 Å². The minimum Gasteiger partial charge on any atom is -0.444 e. The van der Waals surface area contributed by atoms with Crippen molar-refractivity contribution in [2.45, 2.75) is 51.1 Å². The van der Waals surface area contributed by atoms with E-state index in [1.165, 1.54) is 29.2 Å². The number of amides is 1. The van der Waals surface area contributed by atoms with Crippen molar-refractivity contribution in [2.75, 3.05) is 18.8 Å². The molecule has 2 aromatic rings. The number of benzene rings is 1. The fourth-order valence-corrected chi connectivity index (χ4v) is 3.20. The number of nitrogens with zero attached hydrogens (tertiary/aromatic N) is 3. The lowest BCUT2D eigenvalue weighted by molar-refractivity contribution is -0.0952. The number of carbonyl (C=O) groups is 1. The molecule has 1 amide bonds. The van der Waals surface area contributed by atoms with E-state index in [0.717, 1.165) is 10.9 Å². The maximum atomic E-state index is 14.9. The third-order valence-electron chi connectivity index (χ3n) is 4.94. The van der Waals surface area contributed by atoms with Crippen molar-refractivity contribution in [3.63, 3.8) is 0 Å².